The Morgan fingerprint density at radius 1 is 1.14 bits per heavy atom. The number of fused-ring (bicyclic) bond motifs is 1. The standard InChI is InChI=1S/C19H18N4O5/c1-19(2)7-11-14(12(24)8-19)13(9-4-3-5-10(6-9)23(27)28)15-16(20-11)21-18(26)22-17(15)25/h3-6,13H,7-8H2,1-2H3,(H3,20,21,22,25,26)/t13-/m1/s1. The van der Waals surface area contributed by atoms with Crippen LogP contribution in [0, 0.1) is 15.5 Å². The van der Waals surface area contributed by atoms with E-state index in [-0.39, 0.29) is 28.3 Å². The van der Waals surface area contributed by atoms with Crippen molar-refractivity contribution >= 4 is 17.3 Å². The molecule has 0 saturated heterocycles. The van der Waals surface area contributed by atoms with Crippen molar-refractivity contribution in [3.05, 3.63) is 77.6 Å². The van der Waals surface area contributed by atoms with Crippen molar-refractivity contribution in [3.8, 4) is 0 Å². The number of nitrogens with one attached hydrogen (secondary N) is 3. The van der Waals surface area contributed by atoms with Crippen LogP contribution in [-0.4, -0.2) is 20.7 Å². The van der Waals surface area contributed by atoms with E-state index in [9.17, 15) is 24.5 Å². The van der Waals surface area contributed by atoms with Gasteiger partial charge in [0.15, 0.2) is 5.78 Å². The summed E-state index contributed by atoms with van der Waals surface area (Å²) in [7, 11) is 0. The summed E-state index contributed by atoms with van der Waals surface area (Å²) in [5.74, 6) is -0.698. The summed E-state index contributed by atoms with van der Waals surface area (Å²) in [4.78, 5) is 52.9. The maximum Gasteiger partial charge on any atom is 0.327 e. The Labute approximate surface area is 158 Å². The number of carbonyl (C=O) groups excluding carboxylic acids is 1. The topological polar surface area (TPSA) is 138 Å². The molecule has 0 amide bonds. The zero-order valence-electron chi connectivity index (χ0n) is 15.3. The molecule has 144 valence electrons. The van der Waals surface area contributed by atoms with Crippen molar-refractivity contribution in [3.63, 3.8) is 0 Å². The fourth-order valence-corrected chi connectivity index (χ4v) is 4.10. The number of aromatic amines is 2. The predicted molar refractivity (Wildman–Crippen MR) is 101 cm³/mol. The number of non-ortho nitro benzene ring substituents is 1. The van der Waals surface area contributed by atoms with E-state index < -0.39 is 22.1 Å². The molecule has 9 heteroatoms. The van der Waals surface area contributed by atoms with Crippen LogP contribution >= 0.6 is 0 Å². The summed E-state index contributed by atoms with van der Waals surface area (Å²) in [6.45, 7) is 3.93. The monoisotopic (exact) mass is 382 g/mol. The number of Topliss-reactive ketones (excluding diaryl/α,β-unsaturated/α-hetero) is 1. The fraction of sp³-hybridized carbons (Fsp3) is 0.316. The molecule has 0 unspecified atom stereocenters. The number of nitro groups is 1. The lowest BCUT2D eigenvalue weighted by Crippen LogP contribution is -2.38. The van der Waals surface area contributed by atoms with Gasteiger partial charge in [0.1, 0.15) is 5.82 Å². The molecular weight excluding hydrogens is 364 g/mol. The van der Waals surface area contributed by atoms with Crippen molar-refractivity contribution in [1.29, 1.82) is 0 Å². The highest BCUT2D eigenvalue weighted by atomic mass is 16.6. The normalized spacial score (nSPS) is 20.2. The zero-order chi connectivity index (χ0) is 20.2. The largest absolute Gasteiger partial charge is 0.344 e. The highest BCUT2D eigenvalue weighted by Crippen LogP contribution is 2.47. The summed E-state index contributed by atoms with van der Waals surface area (Å²) in [6, 6.07) is 5.88. The minimum atomic E-state index is -0.796. The third-order valence-corrected chi connectivity index (χ3v) is 5.17. The summed E-state index contributed by atoms with van der Waals surface area (Å²) in [6.07, 6.45) is 0.850. The van der Waals surface area contributed by atoms with Crippen LogP contribution in [0.2, 0.25) is 0 Å². The smallest absolute Gasteiger partial charge is 0.327 e. The van der Waals surface area contributed by atoms with Crippen LogP contribution in [0.1, 0.15) is 43.7 Å². The average Bonchev–Trinajstić information content (AvgIpc) is 2.58. The van der Waals surface area contributed by atoms with Crippen molar-refractivity contribution in [2.45, 2.75) is 32.6 Å². The Morgan fingerprint density at radius 3 is 2.61 bits per heavy atom. The van der Waals surface area contributed by atoms with Crippen LogP contribution < -0.4 is 16.6 Å². The Hall–Kier alpha value is -3.49. The lowest BCUT2D eigenvalue weighted by molar-refractivity contribution is -0.384. The predicted octanol–water partition coefficient (Wildman–Crippen LogP) is 2.17. The van der Waals surface area contributed by atoms with Crippen molar-refractivity contribution in [2.24, 2.45) is 5.41 Å². The van der Waals surface area contributed by atoms with Crippen LogP contribution in [-0.2, 0) is 4.79 Å². The van der Waals surface area contributed by atoms with Gasteiger partial charge < -0.3 is 5.32 Å². The second-order valence-electron chi connectivity index (χ2n) is 7.94. The third-order valence-electron chi connectivity index (χ3n) is 5.17. The molecule has 0 radical (unpaired) electrons. The van der Waals surface area contributed by atoms with Gasteiger partial charge in [-0.2, -0.15) is 0 Å². The Bertz CT molecular complexity index is 1170. The summed E-state index contributed by atoms with van der Waals surface area (Å²) in [5, 5.41) is 14.3. The summed E-state index contributed by atoms with van der Waals surface area (Å²) < 4.78 is 0. The second-order valence-corrected chi connectivity index (χ2v) is 7.94. The average molecular weight is 382 g/mol. The van der Waals surface area contributed by atoms with E-state index in [1.165, 1.54) is 18.2 Å². The molecule has 0 fully saturated rings. The number of hydrogen-bond acceptors (Lipinski definition) is 6. The molecule has 2 aliphatic rings. The van der Waals surface area contributed by atoms with E-state index in [1.807, 2.05) is 13.8 Å². The van der Waals surface area contributed by atoms with Crippen LogP contribution in [0.15, 0.2) is 45.1 Å². The van der Waals surface area contributed by atoms with Gasteiger partial charge in [-0.05, 0) is 17.4 Å². The number of benzene rings is 1. The molecular formula is C19H18N4O5. The first-order chi connectivity index (χ1) is 13.2. The molecule has 1 atom stereocenters. The van der Waals surface area contributed by atoms with Crippen molar-refractivity contribution in [2.75, 3.05) is 5.32 Å². The van der Waals surface area contributed by atoms with E-state index in [0.717, 1.165) is 0 Å². The summed E-state index contributed by atoms with van der Waals surface area (Å²) in [5.41, 5.74) is -0.0382. The number of rotatable bonds is 2. The summed E-state index contributed by atoms with van der Waals surface area (Å²) >= 11 is 0. The van der Waals surface area contributed by atoms with E-state index >= 15 is 0 Å². The number of anilines is 1. The van der Waals surface area contributed by atoms with Gasteiger partial charge in [-0.3, -0.25) is 29.7 Å². The second kappa shape index (κ2) is 6.01. The number of H-pyrrole nitrogens is 2. The highest BCUT2D eigenvalue weighted by molar-refractivity contribution is 6.01. The molecule has 9 nitrogen and oxygen atoms in total. The highest BCUT2D eigenvalue weighted by Gasteiger charge is 2.42. The van der Waals surface area contributed by atoms with Gasteiger partial charge in [0.2, 0.25) is 0 Å². The zero-order valence-corrected chi connectivity index (χ0v) is 15.3. The molecule has 0 bridgehead atoms. The molecule has 4 rings (SSSR count). The number of ketones is 1. The molecule has 1 aromatic heterocycles. The van der Waals surface area contributed by atoms with Gasteiger partial charge in [-0.1, -0.05) is 26.0 Å². The first-order valence-corrected chi connectivity index (χ1v) is 8.80. The number of allylic oxidation sites excluding steroid dienone is 2. The van der Waals surface area contributed by atoms with Gasteiger partial charge in [0, 0.05) is 35.7 Å². The SMILES string of the molecule is CC1(C)CC(=O)C2=C(C1)Nc1[nH]c(=O)[nH]c(=O)c1[C@@H]2c1cccc([N+](=O)[O-])c1. The molecule has 2 aromatic rings. The quantitative estimate of drug-likeness (QED) is 0.537. The van der Waals surface area contributed by atoms with Crippen LogP contribution in [0.25, 0.3) is 0 Å². The van der Waals surface area contributed by atoms with Crippen molar-refractivity contribution < 1.29 is 9.72 Å². The number of nitro benzene ring substituents is 1. The Kier molecular flexibility index (Phi) is 3.84. The lowest BCUT2D eigenvalue weighted by atomic mass is 9.69. The number of hydrogen-bond donors (Lipinski definition) is 3. The van der Waals surface area contributed by atoms with Gasteiger partial charge >= 0.3 is 5.69 Å². The lowest BCUT2D eigenvalue weighted by Gasteiger charge is -2.38. The van der Waals surface area contributed by atoms with Gasteiger partial charge in [0.25, 0.3) is 11.2 Å². The van der Waals surface area contributed by atoms with E-state index in [1.54, 1.807) is 6.07 Å². The van der Waals surface area contributed by atoms with E-state index in [0.29, 0.717) is 29.7 Å². The first kappa shape index (κ1) is 17.9. The number of aromatic nitrogens is 2. The van der Waals surface area contributed by atoms with Gasteiger partial charge in [0.05, 0.1) is 10.5 Å². The van der Waals surface area contributed by atoms with E-state index in [2.05, 4.69) is 15.3 Å². The minimum Gasteiger partial charge on any atom is -0.344 e. The van der Waals surface area contributed by atoms with Crippen LogP contribution in [0.3, 0.4) is 0 Å². The maximum absolute atomic E-state index is 13.0. The van der Waals surface area contributed by atoms with Crippen LogP contribution in [0.5, 0.6) is 0 Å². The molecule has 0 saturated carbocycles. The van der Waals surface area contributed by atoms with E-state index in [4.69, 9.17) is 0 Å². The molecule has 1 aliphatic carbocycles. The maximum atomic E-state index is 13.0. The van der Waals surface area contributed by atoms with Crippen LogP contribution in [0.4, 0.5) is 11.5 Å². The Morgan fingerprint density at radius 2 is 1.89 bits per heavy atom. The number of nitrogens with zero attached hydrogens (tertiary/aromatic N) is 1. The third kappa shape index (κ3) is 2.84. The number of carbonyl (C=O) groups is 1. The molecule has 0 spiro atoms. The minimum absolute atomic E-state index is 0.119. The first-order valence-electron chi connectivity index (χ1n) is 8.80. The molecule has 2 heterocycles. The van der Waals surface area contributed by atoms with Gasteiger partial charge in [-0.25, -0.2) is 4.79 Å². The van der Waals surface area contributed by atoms with Gasteiger partial charge in [-0.15, -0.1) is 0 Å². The fourth-order valence-electron chi connectivity index (χ4n) is 4.10. The Balaban J connectivity index is 2.01. The molecule has 1 aliphatic heterocycles. The molecule has 1 aromatic carbocycles. The molecule has 3 N–H and O–H groups in total. The van der Waals surface area contributed by atoms with Crippen molar-refractivity contribution in [1.82, 2.24) is 9.97 Å². The molecule has 28 heavy (non-hydrogen) atoms.